The van der Waals surface area contributed by atoms with E-state index in [1.54, 1.807) is 11.3 Å². The molecular weight excluding hydrogens is 361 g/mol. The van der Waals surface area contributed by atoms with Crippen LogP contribution in [-0.2, 0) is 0 Å². The zero-order chi connectivity index (χ0) is 12.5. The quantitative estimate of drug-likeness (QED) is 0.680. The SMILES string of the molecule is O=C(Nc1nc2ccccc2[nH]1)c1csc(I)c1. The van der Waals surface area contributed by atoms with E-state index < -0.39 is 0 Å². The number of hydrogen-bond donors (Lipinski definition) is 2. The number of benzene rings is 1. The second kappa shape index (κ2) is 4.69. The zero-order valence-corrected chi connectivity index (χ0v) is 12.1. The Labute approximate surface area is 121 Å². The molecule has 0 saturated carbocycles. The zero-order valence-electron chi connectivity index (χ0n) is 9.11. The fourth-order valence-corrected chi connectivity index (χ4v) is 2.95. The van der Waals surface area contributed by atoms with Gasteiger partial charge in [0.15, 0.2) is 0 Å². The van der Waals surface area contributed by atoms with Crippen LogP contribution in [0.25, 0.3) is 11.0 Å². The molecule has 0 aliphatic heterocycles. The molecule has 0 saturated heterocycles. The number of hydrogen-bond acceptors (Lipinski definition) is 3. The highest BCUT2D eigenvalue weighted by molar-refractivity contribution is 14.1. The lowest BCUT2D eigenvalue weighted by Gasteiger charge is -1.97. The molecule has 18 heavy (non-hydrogen) atoms. The minimum absolute atomic E-state index is 0.145. The average Bonchev–Trinajstić information content (AvgIpc) is 2.94. The first-order valence-electron chi connectivity index (χ1n) is 5.22. The van der Waals surface area contributed by atoms with E-state index >= 15 is 0 Å². The van der Waals surface area contributed by atoms with Gasteiger partial charge in [0.05, 0.1) is 19.5 Å². The number of rotatable bonds is 2. The van der Waals surface area contributed by atoms with Gasteiger partial charge in [0.2, 0.25) is 5.95 Å². The van der Waals surface area contributed by atoms with Crippen LogP contribution in [0.4, 0.5) is 5.95 Å². The molecule has 2 N–H and O–H groups in total. The number of fused-ring (bicyclic) bond motifs is 1. The van der Waals surface area contributed by atoms with Gasteiger partial charge in [-0.15, -0.1) is 11.3 Å². The summed E-state index contributed by atoms with van der Waals surface area (Å²) < 4.78 is 1.09. The van der Waals surface area contributed by atoms with Crippen molar-refractivity contribution in [2.24, 2.45) is 0 Å². The van der Waals surface area contributed by atoms with E-state index in [0.717, 1.165) is 13.9 Å². The summed E-state index contributed by atoms with van der Waals surface area (Å²) in [5.41, 5.74) is 2.41. The third kappa shape index (κ3) is 2.25. The first-order chi connectivity index (χ1) is 8.72. The van der Waals surface area contributed by atoms with Crippen LogP contribution in [0.15, 0.2) is 35.7 Å². The summed E-state index contributed by atoms with van der Waals surface area (Å²) in [6.45, 7) is 0. The minimum Gasteiger partial charge on any atom is -0.324 e. The Morgan fingerprint density at radius 1 is 1.39 bits per heavy atom. The first kappa shape index (κ1) is 11.7. The second-order valence-electron chi connectivity index (χ2n) is 3.70. The molecule has 2 heterocycles. The minimum atomic E-state index is -0.145. The molecule has 0 fully saturated rings. The number of H-pyrrole nitrogens is 1. The monoisotopic (exact) mass is 369 g/mol. The molecule has 2 aromatic heterocycles. The number of nitrogens with zero attached hydrogens (tertiary/aromatic N) is 1. The summed E-state index contributed by atoms with van der Waals surface area (Å²) in [5.74, 6) is 0.329. The van der Waals surface area contributed by atoms with Gasteiger partial charge in [0.1, 0.15) is 0 Å². The van der Waals surface area contributed by atoms with Crippen molar-refractivity contribution in [2.45, 2.75) is 0 Å². The number of carbonyl (C=O) groups is 1. The second-order valence-corrected chi connectivity index (χ2v) is 6.50. The summed E-state index contributed by atoms with van der Waals surface area (Å²) >= 11 is 3.74. The van der Waals surface area contributed by atoms with E-state index in [1.807, 2.05) is 35.7 Å². The molecule has 0 aliphatic carbocycles. The molecule has 3 rings (SSSR count). The lowest BCUT2D eigenvalue weighted by atomic mass is 10.3. The predicted molar refractivity (Wildman–Crippen MR) is 81.1 cm³/mol. The van der Waals surface area contributed by atoms with Crippen molar-refractivity contribution >= 4 is 56.8 Å². The van der Waals surface area contributed by atoms with Gasteiger partial charge >= 0.3 is 0 Å². The van der Waals surface area contributed by atoms with Crippen LogP contribution in [0.2, 0.25) is 0 Å². The number of thiophene rings is 1. The number of carbonyl (C=O) groups excluding carboxylic acids is 1. The molecule has 0 aliphatic rings. The summed E-state index contributed by atoms with van der Waals surface area (Å²) in [6, 6.07) is 9.51. The number of para-hydroxylation sites is 2. The molecular formula is C12H8IN3OS. The van der Waals surface area contributed by atoms with Gasteiger partial charge in [-0.1, -0.05) is 12.1 Å². The Balaban J connectivity index is 1.86. The van der Waals surface area contributed by atoms with E-state index in [-0.39, 0.29) is 5.91 Å². The predicted octanol–water partition coefficient (Wildman–Crippen LogP) is 3.48. The van der Waals surface area contributed by atoms with Crippen LogP contribution < -0.4 is 5.32 Å². The molecule has 1 amide bonds. The van der Waals surface area contributed by atoms with Crippen molar-refractivity contribution in [3.05, 3.63) is 44.2 Å². The summed E-state index contributed by atoms with van der Waals surface area (Å²) in [6.07, 6.45) is 0. The van der Waals surface area contributed by atoms with Crippen molar-refractivity contribution in [1.29, 1.82) is 0 Å². The molecule has 4 nitrogen and oxygen atoms in total. The smallest absolute Gasteiger partial charge is 0.258 e. The van der Waals surface area contributed by atoms with Crippen LogP contribution in [-0.4, -0.2) is 15.9 Å². The fourth-order valence-electron chi connectivity index (χ4n) is 1.62. The summed E-state index contributed by atoms with van der Waals surface area (Å²) in [4.78, 5) is 19.3. The normalized spacial score (nSPS) is 10.7. The molecule has 1 aromatic carbocycles. The van der Waals surface area contributed by atoms with Gasteiger partial charge in [-0.25, -0.2) is 4.98 Å². The maximum atomic E-state index is 11.9. The number of amides is 1. The Morgan fingerprint density at radius 3 is 2.94 bits per heavy atom. The third-order valence-corrected chi connectivity index (χ3v) is 4.24. The topological polar surface area (TPSA) is 57.8 Å². The highest BCUT2D eigenvalue weighted by atomic mass is 127. The van der Waals surface area contributed by atoms with E-state index in [9.17, 15) is 4.79 Å². The Kier molecular flexibility index (Phi) is 3.04. The van der Waals surface area contributed by atoms with Crippen LogP contribution in [0.5, 0.6) is 0 Å². The number of nitrogens with one attached hydrogen (secondary N) is 2. The first-order valence-corrected chi connectivity index (χ1v) is 7.18. The van der Waals surface area contributed by atoms with Crippen molar-refractivity contribution < 1.29 is 4.79 Å². The number of aromatic nitrogens is 2. The lowest BCUT2D eigenvalue weighted by molar-refractivity contribution is 0.102. The molecule has 3 aromatic rings. The van der Waals surface area contributed by atoms with E-state index in [2.05, 4.69) is 37.9 Å². The van der Waals surface area contributed by atoms with Crippen LogP contribution >= 0.6 is 33.9 Å². The Morgan fingerprint density at radius 2 is 2.22 bits per heavy atom. The molecule has 6 heteroatoms. The highest BCUT2D eigenvalue weighted by Crippen LogP contribution is 2.18. The molecule has 0 unspecified atom stereocenters. The number of halogens is 1. The molecule has 0 spiro atoms. The number of anilines is 1. The van der Waals surface area contributed by atoms with E-state index in [4.69, 9.17) is 0 Å². The van der Waals surface area contributed by atoms with Crippen molar-refractivity contribution in [1.82, 2.24) is 9.97 Å². The van der Waals surface area contributed by atoms with Crippen LogP contribution in [0.3, 0.4) is 0 Å². The number of aromatic amines is 1. The van der Waals surface area contributed by atoms with Gasteiger partial charge in [-0.05, 0) is 40.8 Å². The summed E-state index contributed by atoms with van der Waals surface area (Å²) in [7, 11) is 0. The molecule has 0 bridgehead atoms. The van der Waals surface area contributed by atoms with Gasteiger partial charge in [0.25, 0.3) is 5.91 Å². The third-order valence-electron chi connectivity index (χ3n) is 2.45. The van der Waals surface area contributed by atoms with Gasteiger partial charge in [0, 0.05) is 5.38 Å². The molecule has 0 atom stereocenters. The van der Waals surface area contributed by atoms with E-state index in [0.29, 0.717) is 11.5 Å². The van der Waals surface area contributed by atoms with Crippen molar-refractivity contribution in [3.63, 3.8) is 0 Å². The molecule has 90 valence electrons. The van der Waals surface area contributed by atoms with Crippen LogP contribution in [0.1, 0.15) is 10.4 Å². The Hall–Kier alpha value is -1.41. The van der Waals surface area contributed by atoms with Crippen LogP contribution in [0, 0.1) is 2.88 Å². The Bertz CT molecular complexity index is 686. The number of imidazole rings is 1. The highest BCUT2D eigenvalue weighted by Gasteiger charge is 2.10. The maximum Gasteiger partial charge on any atom is 0.258 e. The fraction of sp³-hybridized carbons (Fsp3) is 0. The summed E-state index contributed by atoms with van der Waals surface area (Å²) in [5, 5.41) is 4.59. The molecule has 0 radical (unpaired) electrons. The van der Waals surface area contributed by atoms with Crippen molar-refractivity contribution in [2.75, 3.05) is 5.32 Å². The largest absolute Gasteiger partial charge is 0.324 e. The van der Waals surface area contributed by atoms with Gasteiger partial charge in [-0.3, -0.25) is 10.1 Å². The van der Waals surface area contributed by atoms with E-state index in [1.165, 1.54) is 0 Å². The average molecular weight is 369 g/mol. The van der Waals surface area contributed by atoms with Gasteiger partial charge in [-0.2, -0.15) is 0 Å². The maximum absolute atomic E-state index is 11.9. The standard InChI is InChI=1S/C12H8IN3OS/c13-10-5-7(6-18-10)11(17)16-12-14-8-3-1-2-4-9(8)15-12/h1-6H,(H2,14,15,16,17). The van der Waals surface area contributed by atoms with Crippen molar-refractivity contribution in [3.8, 4) is 0 Å². The van der Waals surface area contributed by atoms with Gasteiger partial charge < -0.3 is 4.98 Å². The lowest BCUT2D eigenvalue weighted by Crippen LogP contribution is -2.11.